The molecular formula is C31H36N4O5. The predicted molar refractivity (Wildman–Crippen MR) is 152 cm³/mol. The normalized spacial score (nSPS) is 17.6. The van der Waals surface area contributed by atoms with Gasteiger partial charge in [-0.25, -0.2) is 9.97 Å². The van der Waals surface area contributed by atoms with Gasteiger partial charge >= 0.3 is 5.97 Å². The van der Waals surface area contributed by atoms with Gasteiger partial charge in [-0.2, -0.15) is 0 Å². The summed E-state index contributed by atoms with van der Waals surface area (Å²) in [5.41, 5.74) is 4.72. The summed E-state index contributed by atoms with van der Waals surface area (Å²) in [7, 11) is 1.46. The Labute approximate surface area is 235 Å². The van der Waals surface area contributed by atoms with Crippen LogP contribution in [0, 0.1) is 5.92 Å². The number of carbonyl (C=O) groups is 1. The van der Waals surface area contributed by atoms with Crippen LogP contribution in [0.1, 0.15) is 24.0 Å². The second kappa shape index (κ2) is 14.0. The van der Waals surface area contributed by atoms with Gasteiger partial charge in [0.2, 0.25) is 5.95 Å². The third-order valence-corrected chi connectivity index (χ3v) is 7.10. The molecule has 0 saturated carbocycles. The van der Waals surface area contributed by atoms with E-state index < -0.39 is 0 Å². The highest BCUT2D eigenvalue weighted by Crippen LogP contribution is 2.27. The summed E-state index contributed by atoms with van der Waals surface area (Å²) in [6, 6.07) is 16.0. The van der Waals surface area contributed by atoms with E-state index >= 15 is 0 Å². The van der Waals surface area contributed by atoms with E-state index in [4.69, 9.17) is 23.9 Å². The van der Waals surface area contributed by atoms with Crippen molar-refractivity contribution >= 4 is 17.6 Å². The van der Waals surface area contributed by atoms with Crippen LogP contribution < -0.4 is 10.1 Å². The number of nitrogens with one attached hydrogen (secondary N) is 1. The molecule has 0 amide bonds. The Morgan fingerprint density at radius 1 is 1.05 bits per heavy atom. The van der Waals surface area contributed by atoms with Crippen LogP contribution in [0.25, 0.3) is 11.3 Å². The summed E-state index contributed by atoms with van der Waals surface area (Å²) < 4.78 is 22.9. The number of methoxy groups -OCH3 is 1. The van der Waals surface area contributed by atoms with Crippen molar-refractivity contribution in [3.8, 4) is 17.0 Å². The molecule has 0 aliphatic carbocycles. The summed E-state index contributed by atoms with van der Waals surface area (Å²) >= 11 is 0. The van der Waals surface area contributed by atoms with Gasteiger partial charge in [0.15, 0.2) is 0 Å². The van der Waals surface area contributed by atoms with Gasteiger partial charge < -0.3 is 24.3 Å². The van der Waals surface area contributed by atoms with Crippen molar-refractivity contribution in [3.63, 3.8) is 0 Å². The number of aromatic nitrogens is 2. The average Bonchev–Trinajstić information content (AvgIpc) is 2.99. The van der Waals surface area contributed by atoms with Gasteiger partial charge in [-0.3, -0.25) is 9.69 Å². The molecule has 3 aromatic rings. The molecule has 1 saturated heterocycles. The third kappa shape index (κ3) is 7.65. The zero-order chi connectivity index (χ0) is 27.6. The number of likely N-dealkylation sites (tertiary alicyclic amines) is 1. The number of fused-ring (bicyclic) bond motifs is 7. The molecule has 9 heteroatoms. The molecule has 2 aliphatic heterocycles. The molecule has 1 fully saturated rings. The van der Waals surface area contributed by atoms with Crippen molar-refractivity contribution in [1.29, 1.82) is 0 Å². The molecular weight excluding hydrogens is 508 g/mol. The van der Waals surface area contributed by atoms with Gasteiger partial charge in [-0.1, -0.05) is 30.4 Å². The fourth-order valence-electron chi connectivity index (χ4n) is 4.90. The SMILES string of the molecule is COC(=O)C1CCN(CCOc2ccc3cc2COC/C=C/COCc2cccc(c2)-c2ccnc(n2)N3)CC1. The number of hydrogen-bond donors (Lipinski definition) is 1. The van der Waals surface area contributed by atoms with E-state index in [2.05, 4.69) is 21.3 Å². The molecule has 40 heavy (non-hydrogen) atoms. The minimum Gasteiger partial charge on any atom is -0.492 e. The Bertz CT molecular complexity index is 1310. The minimum atomic E-state index is -0.105. The first-order valence-corrected chi connectivity index (χ1v) is 13.7. The number of benzene rings is 2. The van der Waals surface area contributed by atoms with Gasteiger partial charge in [0.05, 0.1) is 45.1 Å². The van der Waals surface area contributed by atoms with E-state index in [0.29, 0.717) is 39.0 Å². The standard InChI is InChI=1S/C31H36N4O5/c1-37-30(36)24-10-13-35(14-11-24)15-18-40-29-8-7-27-20-26(29)22-39-17-3-2-16-38-21-23-5-4-6-25(19-23)28-9-12-32-31(33-27)34-28/h2-9,12,19-20,24H,10-11,13-18,21-22H2,1H3,(H,32,33,34)/b3-2+. The number of nitrogens with zero attached hydrogens (tertiary/aromatic N) is 3. The first-order chi connectivity index (χ1) is 19.7. The Hall–Kier alpha value is -3.79. The van der Waals surface area contributed by atoms with E-state index in [9.17, 15) is 4.79 Å². The molecule has 0 spiro atoms. The van der Waals surface area contributed by atoms with Crippen LogP contribution >= 0.6 is 0 Å². The lowest BCUT2D eigenvalue weighted by atomic mass is 9.97. The second-order valence-electron chi connectivity index (χ2n) is 9.90. The molecule has 3 heterocycles. The van der Waals surface area contributed by atoms with Crippen molar-refractivity contribution in [2.24, 2.45) is 5.92 Å². The molecule has 210 valence electrons. The molecule has 0 radical (unpaired) electrons. The van der Waals surface area contributed by atoms with Crippen LogP contribution in [0.4, 0.5) is 11.6 Å². The smallest absolute Gasteiger partial charge is 0.308 e. The number of anilines is 2. The fourth-order valence-corrected chi connectivity index (χ4v) is 4.90. The summed E-state index contributed by atoms with van der Waals surface area (Å²) in [6.07, 6.45) is 7.34. The maximum absolute atomic E-state index is 11.8. The largest absolute Gasteiger partial charge is 0.492 e. The Kier molecular flexibility index (Phi) is 9.73. The van der Waals surface area contributed by atoms with Crippen molar-refractivity contribution in [2.45, 2.75) is 26.1 Å². The Morgan fingerprint density at radius 2 is 1.88 bits per heavy atom. The number of carbonyl (C=O) groups excluding carboxylic acids is 1. The van der Waals surface area contributed by atoms with Crippen LogP contribution in [0.15, 0.2) is 66.9 Å². The first kappa shape index (κ1) is 27.8. The van der Waals surface area contributed by atoms with Crippen LogP contribution in [0.3, 0.4) is 0 Å². The zero-order valence-electron chi connectivity index (χ0n) is 22.9. The molecule has 9 nitrogen and oxygen atoms in total. The van der Waals surface area contributed by atoms with E-state index in [1.54, 1.807) is 6.20 Å². The zero-order valence-corrected chi connectivity index (χ0v) is 22.9. The lowest BCUT2D eigenvalue weighted by Crippen LogP contribution is -2.38. The van der Waals surface area contributed by atoms with Gasteiger partial charge in [0, 0.05) is 29.6 Å². The van der Waals surface area contributed by atoms with E-state index in [1.165, 1.54) is 7.11 Å². The monoisotopic (exact) mass is 544 g/mol. The average molecular weight is 545 g/mol. The maximum atomic E-state index is 11.8. The Balaban J connectivity index is 1.27. The van der Waals surface area contributed by atoms with Crippen molar-refractivity contribution in [2.75, 3.05) is 51.9 Å². The number of rotatable bonds is 5. The van der Waals surface area contributed by atoms with Gasteiger partial charge in [-0.05, 0) is 61.8 Å². The van der Waals surface area contributed by atoms with Gasteiger partial charge in [-0.15, -0.1) is 0 Å². The van der Waals surface area contributed by atoms with Crippen LogP contribution in [-0.2, 0) is 32.2 Å². The lowest BCUT2D eigenvalue weighted by molar-refractivity contribution is -0.147. The highest BCUT2D eigenvalue weighted by Gasteiger charge is 2.25. The van der Waals surface area contributed by atoms with Crippen LogP contribution in [0.5, 0.6) is 5.75 Å². The summed E-state index contributed by atoms with van der Waals surface area (Å²) in [5, 5.41) is 3.33. The topological polar surface area (TPSA) is 95.0 Å². The number of hydrogen-bond acceptors (Lipinski definition) is 9. The molecule has 0 unspecified atom stereocenters. The maximum Gasteiger partial charge on any atom is 0.308 e. The first-order valence-electron chi connectivity index (χ1n) is 13.7. The van der Waals surface area contributed by atoms with Crippen molar-refractivity contribution in [1.82, 2.24) is 14.9 Å². The van der Waals surface area contributed by atoms with E-state index in [-0.39, 0.29) is 11.9 Å². The van der Waals surface area contributed by atoms with Gasteiger partial charge in [0.25, 0.3) is 0 Å². The molecule has 6 bridgehead atoms. The molecule has 1 aromatic heterocycles. The quantitative estimate of drug-likeness (QED) is 0.361. The highest BCUT2D eigenvalue weighted by molar-refractivity contribution is 5.72. The fraction of sp³-hybridized carbons (Fsp3) is 0.387. The van der Waals surface area contributed by atoms with Gasteiger partial charge in [0.1, 0.15) is 12.4 Å². The van der Waals surface area contributed by atoms with Crippen molar-refractivity contribution < 1.29 is 23.7 Å². The molecule has 1 N–H and O–H groups in total. The summed E-state index contributed by atoms with van der Waals surface area (Å²) in [4.78, 5) is 23.3. The molecule has 5 rings (SSSR count). The highest BCUT2D eigenvalue weighted by atomic mass is 16.5. The number of ether oxygens (including phenoxy) is 4. The summed E-state index contributed by atoms with van der Waals surface area (Å²) in [5.74, 6) is 1.19. The Morgan fingerprint density at radius 3 is 2.70 bits per heavy atom. The summed E-state index contributed by atoms with van der Waals surface area (Å²) in [6.45, 7) is 4.95. The number of piperidine rings is 1. The number of esters is 1. The third-order valence-electron chi connectivity index (χ3n) is 7.10. The molecule has 2 aliphatic rings. The van der Waals surface area contributed by atoms with Crippen LogP contribution in [0.2, 0.25) is 0 Å². The predicted octanol–water partition coefficient (Wildman–Crippen LogP) is 4.75. The molecule has 0 atom stereocenters. The second-order valence-corrected chi connectivity index (χ2v) is 9.90. The van der Waals surface area contributed by atoms with Crippen LogP contribution in [-0.4, -0.2) is 67.4 Å². The molecule has 2 aromatic carbocycles. The van der Waals surface area contributed by atoms with E-state index in [1.807, 2.05) is 54.6 Å². The van der Waals surface area contributed by atoms with Crippen molar-refractivity contribution in [3.05, 3.63) is 78.0 Å². The lowest BCUT2D eigenvalue weighted by Gasteiger charge is -2.30. The minimum absolute atomic E-state index is 0.00393. The van der Waals surface area contributed by atoms with E-state index in [0.717, 1.165) is 66.3 Å².